The summed E-state index contributed by atoms with van der Waals surface area (Å²) >= 11 is 0. The van der Waals surface area contributed by atoms with E-state index in [1.165, 1.54) is 11.1 Å². The molecule has 0 aliphatic carbocycles. The van der Waals surface area contributed by atoms with Gasteiger partial charge in [0.15, 0.2) is 0 Å². The van der Waals surface area contributed by atoms with Crippen LogP contribution < -0.4 is 5.73 Å². The van der Waals surface area contributed by atoms with Gasteiger partial charge in [-0.25, -0.2) is 0 Å². The molecule has 2 N–H and O–H groups in total. The lowest BCUT2D eigenvalue weighted by atomic mass is 9.89. The van der Waals surface area contributed by atoms with Gasteiger partial charge in [0.05, 0.1) is 0 Å². The number of amides is 1. The number of carbonyl (C=O) groups is 1. The van der Waals surface area contributed by atoms with Crippen molar-refractivity contribution in [1.82, 2.24) is 4.90 Å². The first-order valence-corrected chi connectivity index (χ1v) is 9.33. The number of hydrogen-bond acceptors (Lipinski definition) is 2. The van der Waals surface area contributed by atoms with Crippen molar-refractivity contribution in [3.63, 3.8) is 0 Å². The minimum atomic E-state index is 0.238. The van der Waals surface area contributed by atoms with E-state index in [2.05, 4.69) is 48.5 Å². The van der Waals surface area contributed by atoms with Gasteiger partial charge in [0, 0.05) is 25.6 Å². The molecular weight excluding hydrogens is 308 g/mol. The third-order valence-corrected chi connectivity index (χ3v) is 5.17. The molecule has 132 valence electrons. The maximum absolute atomic E-state index is 12.9. The van der Waals surface area contributed by atoms with Gasteiger partial charge in [-0.05, 0) is 42.7 Å². The van der Waals surface area contributed by atoms with Crippen molar-refractivity contribution in [3.05, 3.63) is 71.8 Å². The summed E-state index contributed by atoms with van der Waals surface area (Å²) in [6, 6.07) is 21.2. The molecule has 0 bridgehead atoms. The van der Waals surface area contributed by atoms with Crippen LogP contribution in [0.25, 0.3) is 0 Å². The van der Waals surface area contributed by atoms with Crippen LogP contribution in [0.3, 0.4) is 0 Å². The second kappa shape index (κ2) is 8.82. The molecule has 3 nitrogen and oxygen atoms in total. The molecule has 1 amide bonds. The van der Waals surface area contributed by atoms with Gasteiger partial charge in [-0.3, -0.25) is 4.79 Å². The Morgan fingerprint density at radius 1 is 1.00 bits per heavy atom. The van der Waals surface area contributed by atoms with Crippen molar-refractivity contribution in [1.29, 1.82) is 0 Å². The molecule has 2 aromatic carbocycles. The van der Waals surface area contributed by atoms with Gasteiger partial charge < -0.3 is 10.6 Å². The Morgan fingerprint density at radius 2 is 1.56 bits per heavy atom. The lowest BCUT2D eigenvalue weighted by Crippen LogP contribution is -2.40. The average molecular weight is 336 g/mol. The van der Waals surface area contributed by atoms with Crippen molar-refractivity contribution < 1.29 is 4.79 Å². The van der Waals surface area contributed by atoms with Crippen LogP contribution in [0, 0.1) is 5.92 Å². The van der Waals surface area contributed by atoms with Crippen molar-refractivity contribution in [2.75, 3.05) is 13.1 Å². The highest BCUT2D eigenvalue weighted by Crippen LogP contribution is 2.23. The predicted molar refractivity (Wildman–Crippen MR) is 102 cm³/mol. The molecule has 1 aliphatic rings. The highest BCUT2D eigenvalue weighted by atomic mass is 16.2. The molecular formula is C22H28N2O. The van der Waals surface area contributed by atoms with E-state index in [1.807, 2.05) is 17.0 Å². The van der Waals surface area contributed by atoms with Crippen LogP contribution in [-0.2, 0) is 17.6 Å². The summed E-state index contributed by atoms with van der Waals surface area (Å²) in [6.07, 6.45) is 4.59. The van der Waals surface area contributed by atoms with Crippen LogP contribution in [0.1, 0.15) is 30.4 Å². The number of rotatable bonds is 7. The Labute approximate surface area is 150 Å². The largest absolute Gasteiger partial charge is 0.338 e. The minimum Gasteiger partial charge on any atom is -0.338 e. The number of hydrogen-bond donors (Lipinski definition) is 1. The second-order valence-corrected chi connectivity index (χ2v) is 7.07. The van der Waals surface area contributed by atoms with E-state index >= 15 is 0 Å². The lowest BCUT2D eigenvalue weighted by molar-refractivity contribution is -0.132. The molecule has 1 saturated heterocycles. The van der Waals surface area contributed by atoms with Crippen LogP contribution in [0.2, 0.25) is 0 Å². The Morgan fingerprint density at radius 3 is 2.08 bits per heavy atom. The summed E-state index contributed by atoms with van der Waals surface area (Å²) in [4.78, 5) is 14.9. The Hall–Kier alpha value is -2.13. The van der Waals surface area contributed by atoms with Gasteiger partial charge in [-0.2, -0.15) is 0 Å². The van der Waals surface area contributed by atoms with E-state index in [4.69, 9.17) is 5.73 Å². The molecule has 0 saturated carbocycles. The number of likely N-dealkylation sites (tertiary alicyclic amines) is 1. The summed E-state index contributed by atoms with van der Waals surface area (Å²) in [6.45, 7) is 1.44. The first kappa shape index (κ1) is 17.7. The summed E-state index contributed by atoms with van der Waals surface area (Å²) in [5, 5.41) is 0. The molecule has 25 heavy (non-hydrogen) atoms. The second-order valence-electron chi connectivity index (χ2n) is 7.07. The Kier molecular flexibility index (Phi) is 6.24. The van der Waals surface area contributed by atoms with Crippen LogP contribution in [0.5, 0.6) is 0 Å². The Bertz CT molecular complexity index is 615. The van der Waals surface area contributed by atoms with Crippen molar-refractivity contribution in [2.45, 2.75) is 38.1 Å². The van der Waals surface area contributed by atoms with E-state index in [9.17, 15) is 4.79 Å². The predicted octanol–water partition coefficient (Wildman–Crippen LogP) is 3.43. The minimum absolute atomic E-state index is 0.238. The van der Waals surface area contributed by atoms with E-state index in [0.29, 0.717) is 18.9 Å². The van der Waals surface area contributed by atoms with Crippen molar-refractivity contribution in [3.8, 4) is 0 Å². The standard InChI is InChI=1S/C22H28N2O/c23-17-21-12-7-13-24(21)22(25)16-20(14-18-8-3-1-4-9-18)15-19-10-5-2-6-11-19/h1-6,8-11,20-21H,7,12-17,23H2. The third kappa shape index (κ3) is 4.93. The molecule has 2 aromatic rings. The van der Waals surface area contributed by atoms with Gasteiger partial charge in [0.2, 0.25) is 5.91 Å². The fraction of sp³-hybridized carbons (Fsp3) is 0.409. The third-order valence-electron chi connectivity index (χ3n) is 5.17. The Balaban J connectivity index is 1.70. The topological polar surface area (TPSA) is 46.3 Å². The first-order chi connectivity index (χ1) is 12.3. The highest BCUT2D eigenvalue weighted by Gasteiger charge is 2.29. The first-order valence-electron chi connectivity index (χ1n) is 9.33. The van der Waals surface area contributed by atoms with E-state index in [0.717, 1.165) is 32.2 Å². The maximum atomic E-state index is 12.9. The monoisotopic (exact) mass is 336 g/mol. The molecule has 0 radical (unpaired) electrons. The van der Waals surface area contributed by atoms with Crippen LogP contribution in [-0.4, -0.2) is 29.9 Å². The lowest BCUT2D eigenvalue weighted by Gasteiger charge is -2.26. The summed E-state index contributed by atoms with van der Waals surface area (Å²) in [7, 11) is 0. The maximum Gasteiger partial charge on any atom is 0.223 e. The van der Waals surface area contributed by atoms with E-state index in [1.54, 1.807) is 0 Å². The molecule has 1 aliphatic heterocycles. The molecule has 0 spiro atoms. The van der Waals surface area contributed by atoms with Crippen molar-refractivity contribution >= 4 is 5.91 Å². The SMILES string of the molecule is NCC1CCCN1C(=O)CC(Cc1ccccc1)Cc1ccccc1. The fourth-order valence-corrected chi connectivity index (χ4v) is 3.88. The number of nitrogens with two attached hydrogens (primary N) is 1. The van der Waals surface area contributed by atoms with Crippen molar-refractivity contribution in [2.24, 2.45) is 11.7 Å². The average Bonchev–Trinajstić information content (AvgIpc) is 3.12. The molecule has 1 heterocycles. The van der Waals surface area contributed by atoms with Gasteiger partial charge in [0.25, 0.3) is 0 Å². The van der Waals surface area contributed by atoms with Gasteiger partial charge in [-0.15, -0.1) is 0 Å². The number of carbonyl (C=O) groups excluding carboxylic acids is 1. The smallest absolute Gasteiger partial charge is 0.223 e. The quantitative estimate of drug-likeness (QED) is 0.842. The zero-order valence-electron chi connectivity index (χ0n) is 14.8. The van der Waals surface area contributed by atoms with E-state index in [-0.39, 0.29) is 11.9 Å². The fourth-order valence-electron chi connectivity index (χ4n) is 3.88. The van der Waals surface area contributed by atoms with Gasteiger partial charge >= 0.3 is 0 Å². The highest BCUT2D eigenvalue weighted by molar-refractivity contribution is 5.77. The number of benzene rings is 2. The van der Waals surface area contributed by atoms with Crippen LogP contribution >= 0.6 is 0 Å². The molecule has 1 fully saturated rings. The zero-order chi connectivity index (χ0) is 17.5. The number of nitrogens with zero attached hydrogens (tertiary/aromatic N) is 1. The van der Waals surface area contributed by atoms with Crippen LogP contribution in [0.4, 0.5) is 0 Å². The van der Waals surface area contributed by atoms with Gasteiger partial charge in [-0.1, -0.05) is 60.7 Å². The molecule has 3 rings (SSSR count). The molecule has 0 aromatic heterocycles. The molecule has 3 heteroatoms. The summed E-state index contributed by atoms with van der Waals surface area (Å²) in [5.41, 5.74) is 8.44. The van der Waals surface area contributed by atoms with E-state index < -0.39 is 0 Å². The molecule has 1 unspecified atom stereocenters. The zero-order valence-corrected chi connectivity index (χ0v) is 14.8. The van der Waals surface area contributed by atoms with Crippen LogP contribution in [0.15, 0.2) is 60.7 Å². The van der Waals surface area contributed by atoms with Gasteiger partial charge in [0.1, 0.15) is 0 Å². The normalized spacial score (nSPS) is 17.2. The summed E-state index contributed by atoms with van der Waals surface area (Å²) in [5.74, 6) is 0.584. The molecule has 1 atom stereocenters. The summed E-state index contributed by atoms with van der Waals surface area (Å²) < 4.78 is 0.